The third-order valence-corrected chi connectivity index (χ3v) is 3.74. The highest BCUT2D eigenvalue weighted by Gasteiger charge is 2.18. The van der Waals surface area contributed by atoms with E-state index in [1.807, 2.05) is 0 Å². The van der Waals surface area contributed by atoms with Crippen LogP contribution in [0.5, 0.6) is 0 Å². The fourth-order valence-electron chi connectivity index (χ4n) is 1.95. The highest BCUT2D eigenvalue weighted by Crippen LogP contribution is 2.33. The van der Waals surface area contributed by atoms with Gasteiger partial charge in [0.05, 0.1) is 6.04 Å². The van der Waals surface area contributed by atoms with Gasteiger partial charge in [-0.25, -0.2) is 4.39 Å². The second-order valence-corrected chi connectivity index (χ2v) is 5.30. The summed E-state index contributed by atoms with van der Waals surface area (Å²) in [7, 11) is 1.76. The van der Waals surface area contributed by atoms with Crippen molar-refractivity contribution in [3.63, 3.8) is 0 Å². The van der Waals surface area contributed by atoms with Gasteiger partial charge in [0.15, 0.2) is 0 Å². The molecule has 0 aliphatic heterocycles. The maximum absolute atomic E-state index is 13.4. The van der Waals surface area contributed by atoms with Crippen molar-refractivity contribution in [1.29, 1.82) is 0 Å². The SMILES string of the molecule is CNC(c1ccc(Cl)cc1Cl)c1cc(F)ccc1Cl. The summed E-state index contributed by atoms with van der Waals surface area (Å²) >= 11 is 18.2. The van der Waals surface area contributed by atoms with Gasteiger partial charge in [-0.15, -0.1) is 0 Å². The highest BCUT2D eigenvalue weighted by atomic mass is 35.5. The molecule has 0 bridgehead atoms. The van der Waals surface area contributed by atoms with Crippen LogP contribution in [-0.2, 0) is 0 Å². The molecule has 2 aromatic carbocycles. The lowest BCUT2D eigenvalue weighted by Crippen LogP contribution is -2.18. The Morgan fingerprint density at radius 2 is 1.68 bits per heavy atom. The second-order valence-electron chi connectivity index (χ2n) is 4.05. The second kappa shape index (κ2) is 6.10. The Morgan fingerprint density at radius 3 is 2.32 bits per heavy atom. The molecule has 0 aliphatic carbocycles. The molecular formula is C14H11Cl3FN. The molecule has 0 saturated heterocycles. The first-order valence-electron chi connectivity index (χ1n) is 5.60. The molecule has 0 radical (unpaired) electrons. The number of hydrogen-bond acceptors (Lipinski definition) is 1. The van der Waals surface area contributed by atoms with Crippen molar-refractivity contribution in [1.82, 2.24) is 5.32 Å². The van der Waals surface area contributed by atoms with E-state index in [2.05, 4.69) is 5.32 Å². The van der Waals surface area contributed by atoms with Crippen LogP contribution in [-0.4, -0.2) is 7.05 Å². The number of nitrogens with one attached hydrogen (secondary N) is 1. The van der Waals surface area contributed by atoms with Crippen LogP contribution in [0.25, 0.3) is 0 Å². The minimum absolute atomic E-state index is 0.298. The Bertz CT molecular complexity index is 601. The standard InChI is InChI=1S/C14H11Cl3FN/c1-19-14(10-4-2-8(15)6-13(10)17)11-7-9(18)3-5-12(11)16/h2-7,14,19H,1H3. The predicted molar refractivity (Wildman–Crippen MR) is 78.8 cm³/mol. The van der Waals surface area contributed by atoms with Crippen molar-refractivity contribution in [2.24, 2.45) is 0 Å². The molecule has 100 valence electrons. The van der Waals surface area contributed by atoms with Crippen molar-refractivity contribution < 1.29 is 4.39 Å². The number of rotatable bonds is 3. The van der Waals surface area contributed by atoms with E-state index in [0.717, 1.165) is 5.56 Å². The van der Waals surface area contributed by atoms with Crippen molar-refractivity contribution in [3.8, 4) is 0 Å². The van der Waals surface area contributed by atoms with Crippen LogP contribution in [0.3, 0.4) is 0 Å². The summed E-state index contributed by atoms with van der Waals surface area (Å²) in [5.41, 5.74) is 1.43. The van der Waals surface area contributed by atoms with Gasteiger partial charge in [0.25, 0.3) is 0 Å². The van der Waals surface area contributed by atoms with E-state index in [4.69, 9.17) is 34.8 Å². The van der Waals surface area contributed by atoms with Crippen molar-refractivity contribution in [2.75, 3.05) is 7.05 Å². The van der Waals surface area contributed by atoms with E-state index in [1.165, 1.54) is 18.2 Å². The highest BCUT2D eigenvalue weighted by molar-refractivity contribution is 6.35. The first-order valence-corrected chi connectivity index (χ1v) is 6.73. The Balaban J connectivity index is 2.52. The Labute approximate surface area is 126 Å². The minimum Gasteiger partial charge on any atom is -0.309 e. The smallest absolute Gasteiger partial charge is 0.123 e. The zero-order valence-electron chi connectivity index (χ0n) is 10.1. The zero-order chi connectivity index (χ0) is 14.0. The van der Waals surface area contributed by atoms with E-state index in [0.29, 0.717) is 20.6 Å². The molecule has 0 heterocycles. The van der Waals surface area contributed by atoms with Crippen LogP contribution in [0, 0.1) is 5.82 Å². The summed E-state index contributed by atoms with van der Waals surface area (Å²) in [4.78, 5) is 0. The Kier molecular flexibility index (Phi) is 4.69. The molecule has 0 saturated carbocycles. The third kappa shape index (κ3) is 3.21. The molecule has 0 aromatic heterocycles. The summed E-state index contributed by atoms with van der Waals surface area (Å²) in [6.07, 6.45) is 0. The van der Waals surface area contributed by atoms with Crippen LogP contribution < -0.4 is 5.32 Å². The molecule has 0 amide bonds. The van der Waals surface area contributed by atoms with Crippen molar-refractivity contribution in [2.45, 2.75) is 6.04 Å². The number of hydrogen-bond donors (Lipinski definition) is 1. The maximum Gasteiger partial charge on any atom is 0.123 e. The molecule has 19 heavy (non-hydrogen) atoms. The monoisotopic (exact) mass is 317 g/mol. The van der Waals surface area contributed by atoms with E-state index in [-0.39, 0.29) is 11.9 Å². The average molecular weight is 319 g/mol. The summed E-state index contributed by atoms with van der Waals surface area (Å²) in [5, 5.41) is 4.62. The maximum atomic E-state index is 13.4. The molecular weight excluding hydrogens is 308 g/mol. The third-order valence-electron chi connectivity index (χ3n) is 2.83. The molecule has 0 aliphatic rings. The molecule has 1 atom stereocenters. The lowest BCUT2D eigenvalue weighted by Gasteiger charge is -2.20. The van der Waals surface area contributed by atoms with Gasteiger partial charge >= 0.3 is 0 Å². The van der Waals surface area contributed by atoms with Crippen LogP contribution in [0.15, 0.2) is 36.4 Å². The fraction of sp³-hybridized carbons (Fsp3) is 0.143. The predicted octanol–water partition coefficient (Wildman–Crippen LogP) is 5.09. The topological polar surface area (TPSA) is 12.0 Å². The van der Waals surface area contributed by atoms with E-state index in [1.54, 1.807) is 25.2 Å². The Morgan fingerprint density at radius 1 is 0.947 bits per heavy atom. The number of benzene rings is 2. The van der Waals surface area contributed by atoms with Gasteiger partial charge in [0.2, 0.25) is 0 Å². The lowest BCUT2D eigenvalue weighted by atomic mass is 9.98. The van der Waals surface area contributed by atoms with Crippen molar-refractivity contribution in [3.05, 3.63) is 68.4 Å². The van der Waals surface area contributed by atoms with Crippen molar-refractivity contribution >= 4 is 34.8 Å². The van der Waals surface area contributed by atoms with E-state index < -0.39 is 0 Å². The summed E-state index contributed by atoms with van der Waals surface area (Å²) in [6.45, 7) is 0. The molecule has 2 rings (SSSR count). The van der Waals surface area contributed by atoms with Gasteiger partial charge in [-0.2, -0.15) is 0 Å². The van der Waals surface area contributed by atoms with Gasteiger partial charge < -0.3 is 5.32 Å². The van der Waals surface area contributed by atoms with Crippen LogP contribution >= 0.6 is 34.8 Å². The minimum atomic E-state index is -0.343. The van der Waals surface area contributed by atoms with Gasteiger partial charge in [-0.05, 0) is 48.5 Å². The summed E-state index contributed by atoms with van der Waals surface area (Å²) in [6, 6.07) is 9.13. The molecule has 0 spiro atoms. The zero-order valence-corrected chi connectivity index (χ0v) is 12.3. The van der Waals surface area contributed by atoms with Crippen LogP contribution in [0.4, 0.5) is 4.39 Å². The van der Waals surface area contributed by atoms with E-state index in [9.17, 15) is 4.39 Å². The average Bonchev–Trinajstić information content (AvgIpc) is 2.36. The molecule has 0 fully saturated rings. The van der Waals surface area contributed by atoms with Gasteiger partial charge in [0.1, 0.15) is 5.82 Å². The largest absolute Gasteiger partial charge is 0.309 e. The number of halogens is 4. The molecule has 1 nitrogen and oxygen atoms in total. The molecule has 1 unspecified atom stereocenters. The normalized spacial score (nSPS) is 12.5. The van der Waals surface area contributed by atoms with Gasteiger partial charge in [-0.3, -0.25) is 0 Å². The molecule has 1 N–H and O–H groups in total. The van der Waals surface area contributed by atoms with Gasteiger partial charge in [-0.1, -0.05) is 40.9 Å². The lowest BCUT2D eigenvalue weighted by molar-refractivity contribution is 0.617. The first kappa shape index (κ1) is 14.6. The summed E-state index contributed by atoms with van der Waals surface area (Å²) < 4.78 is 13.4. The summed E-state index contributed by atoms with van der Waals surface area (Å²) in [5.74, 6) is -0.343. The Hall–Kier alpha value is -0.800. The van der Waals surface area contributed by atoms with Crippen LogP contribution in [0.1, 0.15) is 17.2 Å². The van der Waals surface area contributed by atoms with E-state index >= 15 is 0 Å². The quantitative estimate of drug-likeness (QED) is 0.830. The molecule has 5 heteroatoms. The van der Waals surface area contributed by atoms with Crippen LogP contribution in [0.2, 0.25) is 15.1 Å². The fourth-order valence-corrected chi connectivity index (χ4v) is 2.69. The first-order chi connectivity index (χ1) is 9.02. The molecule has 2 aromatic rings. The van der Waals surface area contributed by atoms with Gasteiger partial charge in [0, 0.05) is 15.1 Å².